The van der Waals surface area contributed by atoms with Crippen molar-refractivity contribution in [3.8, 4) is 0 Å². The lowest BCUT2D eigenvalue weighted by molar-refractivity contribution is -0.305. The lowest BCUT2D eigenvalue weighted by Crippen LogP contribution is -2.61. The Kier molecular flexibility index (Phi) is 51.6. The molecule has 0 saturated carbocycles. The van der Waals surface area contributed by atoms with Gasteiger partial charge in [0.1, 0.15) is 24.4 Å². The largest absolute Gasteiger partial charge is 0.454 e. The van der Waals surface area contributed by atoms with E-state index in [0.717, 1.165) is 64.2 Å². The molecule has 8 unspecified atom stereocenters. The fourth-order valence-corrected chi connectivity index (χ4v) is 10.3. The topological polar surface area (TPSA) is 175 Å². The maximum Gasteiger partial charge on any atom is 0.306 e. The van der Waals surface area contributed by atoms with E-state index in [2.05, 4.69) is 50.4 Å². The van der Waals surface area contributed by atoms with Gasteiger partial charge in [-0.1, -0.05) is 282 Å². The first-order valence-electron chi connectivity index (χ1n) is 32.8. The first-order valence-corrected chi connectivity index (χ1v) is 32.8. The van der Waals surface area contributed by atoms with E-state index in [1.165, 1.54) is 199 Å². The van der Waals surface area contributed by atoms with Crippen LogP contribution in [0.2, 0.25) is 0 Å². The summed E-state index contributed by atoms with van der Waals surface area (Å²) in [5, 5.41) is 57.1. The molecule has 0 radical (unpaired) electrons. The number of ether oxygens (including phenoxy) is 3. The molecular formula is C66H123NO10. The first-order chi connectivity index (χ1) is 37.7. The molecule has 1 amide bonds. The number of carbonyl (C=O) groups excluding carboxylic acids is 2. The van der Waals surface area contributed by atoms with Gasteiger partial charge in [0.15, 0.2) is 12.4 Å². The van der Waals surface area contributed by atoms with Crippen molar-refractivity contribution in [2.45, 2.75) is 359 Å². The quantitative estimate of drug-likeness (QED) is 0.0195. The van der Waals surface area contributed by atoms with Gasteiger partial charge >= 0.3 is 5.97 Å². The van der Waals surface area contributed by atoms with Crippen LogP contribution < -0.4 is 5.32 Å². The predicted octanol–water partition coefficient (Wildman–Crippen LogP) is 15.8. The van der Waals surface area contributed by atoms with Crippen LogP contribution in [0, 0.1) is 0 Å². The van der Waals surface area contributed by atoms with Crippen molar-refractivity contribution in [1.29, 1.82) is 0 Å². The molecule has 1 aliphatic rings. The van der Waals surface area contributed by atoms with Crippen LogP contribution in [0.1, 0.15) is 310 Å². The Labute approximate surface area is 473 Å². The molecule has 0 bridgehead atoms. The standard InChI is InChI=1S/C66H123NO10/c1-4-7-10-13-16-19-22-25-27-28-29-30-31-32-33-36-39-42-45-48-51-54-61(71)77-64-63(73)62(72)60(55-68)76-66(64)75-56-57(58(69)52-49-46-43-40-37-34-24-21-18-15-12-9-6-3)67-65(74)59(70)53-50-47-44-41-38-35-26-23-20-17-14-11-8-5-2/h16,19,25,27,49,52,57-60,62-64,66,68-70,72-73H,4-15,17-18,20-24,26,28-48,50-51,53-56H2,1-3H3,(H,67,74)/b19-16-,27-25-,52-49+. The molecule has 0 aliphatic carbocycles. The predicted molar refractivity (Wildman–Crippen MR) is 320 cm³/mol. The normalized spacial score (nSPS) is 19.2. The fourth-order valence-electron chi connectivity index (χ4n) is 10.3. The maximum absolute atomic E-state index is 13.4. The second-order valence-corrected chi connectivity index (χ2v) is 22.9. The van der Waals surface area contributed by atoms with Crippen LogP contribution >= 0.6 is 0 Å². The van der Waals surface area contributed by atoms with Gasteiger partial charge in [-0.15, -0.1) is 0 Å². The number of aliphatic hydroxyl groups excluding tert-OH is 5. The second kappa shape index (κ2) is 54.5. The van der Waals surface area contributed by atoms with E-state index >= 15 is 0 Å². The Hall–Kier alpha value is -2.12. The van der Waals surface area contributed by atoms with Gasteiger partial charge < -0.3 is 45.1 Å². The minimum absolute atomic E-state index is 0.124. The monoisotopic (exact) mass is 1090 g/mol. The molecule has 6 N–H and O–H groups in total. The number of allylic oxidation sites excluding steroid dienone is 5. The van der Waals surface area contributed by atoms with E-state index in [9.17, 15) is 35.1 Å². The molecule has 8 atom stereocenters. The van der Waals surface area contributed by atoms with Crippen molar-refractivity contribution < 1.29 is 49.3 Å². The summed E-state index contributed by atoms with van der Waals surface area (Å²) in [6, 6.07) is -1.02. The zero-order valence-corrected chi connectivity index (χ0v) is 50.1. The molecule has 11 nitrogen and oxygen atoms in total. The van der Waals surface area contributed by atoms with Crippen molar-refractivity contribution in [2.75, 3.05) is 13.2 Å². The minimum Gasteiger partial charge on any atom is -0.454 e. The molecule has 77 heavy (non-hydrogen) atoms. The number of unbranched alkanes of at least 4 members (excludes halogenated alkanes) is 38. The molecular weight excluding hydrogens is 967 g/mol. The van der Waals surface area contributed by atoms with Crippen molar-refractivity contribution >= 4 is 11.9 Å². The van der Waals surface area contributed by atoms with Crippen LogP contribution in [-0.4, -0.2) is 99.6 Å². The fraction of sp³-hybridized carbons (Fsp3) is 0.879. The van der Waals surface area contributed by atoms with Gasteiger partial charge in [-0.25, -0.2) is 0 Å². The van der Waals surface area contributed by atoms with E-state index in [4.69, 9.17) is 14.2 Å². The van der Waals surface area contributed by atoms with Crippen molar-refractivity contribution in [3.63, 3.8) is 0 Å². The van der Waals surface area contributed by atoms with E-state index in [-0.39, 0.29) is 13.0 Å². The lowest BCUT2D eigenvalue weighted by Gasteiger charge is -2.41. The summed E-state index contributed by atoms with van der Waals surface area (Å²) in [5.41, 5.74) is 0. The summed E-state index contributed by atoms with van der Waals surface area (Å²) in [4.78, 5) is 26.6. The summed E-state index contributed by atoms with van der Waals surface area (Å²) >= 11 is 0. The Morgan fingerprint density at radius 3 is 1.35 bits per heavy atom. The third-order valence-corrected chi connectivity index (χ3v) is 15.5. The highest BCUT2D eigenvalue weighted by Crippen LogP contribution is 2.26. The van der Waals surface area contributed by atoms with Gasteiger partial charge in [0.05, 0.1) is 25.4 Å². The molecule has 1 aliphatic heterocycles. The smallest absolute Gasteiger partial charge is 0.306 e. The van der Waals surface area contributed by atoms with Gasteiger partial charge in [0, 0.05) is 6.42 Å². The van der Waals surface area contributed by atoms with E-state index < -0.39 is 67.4 Å². The first kappa shape index (κ1) is 72.9. The van der Waals surface area contributed by atoms with E-state index in [1.807, 2.05) is 6.08 Å². The van der Waals surface area contributed by atoms with Gasteiger partial charge in [-0.3, -0.25) is 9.59 Å². The summed E-state index contributed by atoms with van der Waals surface area (Å²) in [7, 11) is 0. The van der Waals surface area contributed by atoms with Crippen LogP contribution in [0.25, 0.3) is 0 Å². The SMILES string of the molecule is CCCCC/C=C\C/C=C\CCCCCCCCCCCCCC(=O)OC1C(OCC(NC(=O)C(O)CCCCCCCCCCCCCCCC)C(O)/C=C/CCCCCCCCCCCCC)OC(CO)C(O)C1O. The zero-order chi connectivity index (χ0) is 56.1. The highest BCUT2D eigenvalue weighted by molar-refractivity contribution is 5.80. The molecule has 0 aromatic rings. The number of esters is 1. The molecule has 452 valence electrons. The van der Waals surface area contributed by atoms with E-state index in [1.54, 1.807) is 6.08 Å². The van der Waals surface area contributed by atoms with Gasteiger partial charge in [0.25, 0.3) is 0 Å². The summed E-state index contributed by atoms with van der Waals surface area (Å²) in [6.07, 6.45) is 54.6. The molecule has 1 rings (SSSR count). The molecule has 0 spiro atoms. The number of hydrogen-bond acceptors (Lipinski definition) is 10. The van der Waals surface area contributed by atoms with Crippen LogP contribution in [-0.2, 0) is 23.8 Å². The molecule has 11 heteroatoms. The van der Waals surface area contributed by atoms with Crippen LogP contribution in [0.15, 0.2) is 36.5 Å². The Morgan fingerprint density at radius 1 is 0.506 bits per heavy atom. The molecule has 0 aromatic heterocycles. The Bertz CT molecular complexity index is 1390. The Morgan fingerprint density at radius 2 is 0.896 bits per heavy atom. The third-order valence-electron chi connectivity index (χ3n) is 15.5. The number of nitrogens with one attached hydrogen (secondary N) is 1. The number of amides is 1. The Balaban J connectivity index is 2.63. The van der Waals surface area contributed by atoms with Crippen LogP contribution in [0.5, 0.6) is 0 Å². The van der Waals surface area contributed by atoms with Crippen molar-refractivity contribution in [1.82, 2.24) is 5.32 Å². The van der Waals surface area contributed by atoms with Crippen LogP contribution in [0.4, 0.5) is 0 Å². The lowest BCUT2D eigenvalue weighted by atomic mass is 9.99. The van der Waals surface area contributed by atoms with Crippen molar-refractivity contribution in [3.05, 3.63) is 36.5 Å². The average molecular weight is 1090 g/mol. The molecule has 1 saturated heterocycles. The average Bonchev–Trinajstić information content (AvgIpc) is 3.43. The second-order valence-electron chi connectivity index (χ2n) is 22.9. The highest BCUT2D eigenvalue weighted by Gasteiger charge is 2.47. The van der Waals surface area contributed by atoms with Crippen molar-refractivity contribution in [2.24, 2.45) is 0 Å². The third kappa shape index (κ3) is 42.4. The van der Waals surface area contributed by atoms with Crippen LogP contribution in [0.3, 0.4) is 0 Å². The summed E-state index contributed by atoms with van der Waals surface area (Å²) in [5.74, 6) is -1.18. The summed E-state index contributed by atoms with van der Waals surface area (Å²) < 4.78 is 17.7. The molecule has 0 aromatic carbocycles. The minimum atomic E-state index is -1.61. The van der Waals surface area contributed by atoms with Gasteiger partial charge in [0.2, 0.25) is 5.91 Å². The number of aliphatic hydroxyl groups is 5. The van der Waals surface area contributed by atoms with Gasteiger partial charge in [-0.2, -0.15) is 0 Å². The molecule has 1 heterocycles. The molecule has 1 fully saturated rings. The van der Waals surface area contributed by atoms with E-state index in [0.29, 0.717) is 19.3 Å². The number of hydrogen-bond donors (Lipinski definition) is 6. The number of rotatable bonds is 56. The maximum atomic E-state index is 13.4. The van der Waals surface area contributed by atoms with Gasteiger partial charge in [-0.05, 0) is 57.8 Å². The number of carbonyl (C=O) groups is 2. The summed E-state index contributed by atoms with van der Waals surface area (Å²) in [6.45, 7) is 5.80. The zero-order valence-electron chi connectivity index (χ0n) is 50.1. The highest BCUT2D eigenvalue weighted by atomic mass is 16.7.